The number of carbonyl (C=O) groups is 2. The Kier molecular flexibility index (Phi) is 8.83. The molecule has 0 saturated carbocycles. The minimum absolute atomic E-state index is 0.0145. The van der Waals surface area contributed by atoms with Crippen molar-refractivity contribution in [1.29, 1.82) is 5.26 Å². The number of phenols is 1. The Morgan fingerprint density at radius 1 is 1.12 bits per heavy atom. The van der Waals surface area contributed by atoms with E-state index >= 15 is 0 Å². The molecule has 0 spiro atoms. The van der Waals surface area contributed by atoms with Gasteiger partial charge in [0.2, 0.25) is 12.7 Å². The van der Waals surface area contributed by atoms with Crippen molar-refractivity contribution < 1.29 is 46.8 Å². The summed E-state index contributed by atoms with van der Waals surface area (Å²) in [5, 5.41) is 25.4. The molecule has 0 radical (unpaired) electrons. The van der Waals surface area contributed by atoms with E-state index in [9.17, 15) is 33.1 Å². The van der Waals surface area contributed by atoms with E-state index in [1.165, 1.54) is 32.2 Å². The number of ether oxygens (including phenoxy) is 4. The first-order valence-electron chi connectivity index (χ1n) is 16.8. The number of rotatable bonds is 6. The van der Waals surface area contributed by atoms with Crippen LogP contribution in [0, 0.1) is 25.2 Å². The fraction of sp³-hybridized carbons (Fsp3) is 0.395. The smallest absolute Gasteiger partial charge is 0.416 e. The summed E-state index contributed by atoms with van der Waals surface area (Å²) in [6, 6.07) is 6.51. The highest BCUT2D eigenvalue weighted by molar-refractivity contribution is 5.91. The number of likely N-dealkylation sites (N-methyl/N-ethyl adjacent to an activating group) is 1. The van der Waals surface area contributed by atoms with Crippen LogP contribution in [0.4, 0.5) is 13.2 Å². The highest BCUT2D eigenvalue weighted by Gasteiger charge is 2.57. The van der Waals surface area contributed by atoms with Crippen molar-refractivity contribution in [1.82, 2.24) is 15.1 Å². The summed E-state index contributed by atoms with van der Waals surface area (Å²) in [6.07, 6.45) is -1.34. The van der Waals surface area contributed by atoms with Gasteiger partial charge >= 0.3 is 12.1 Å². The quantitative estimate of drug-likeness (QED) is 0.197. The number of aromatic hydroxyl groups is 1. The molecular formula is C38H37F3N4O7. The zero-order valence-corrected chi connectivity index (χ0v) is 29.1. The van der Waals surface area contributed by atoms with Crippen molar-refractivity contribution in [3.8, 4) is 34.8 Å². The number of hydrogen-bond acceptors (Lipinski definition) is 10. The van der Waals surface area contributed by atoms with Crippen molar-refractivity contribution in [2.45, 2.75) is 70.0 Å². The van der Waals surface area contributed by atoms with Crippen LogP contribution in [0.3, 0.4) is 0 Å². The predicted octanol–water partition coefficient (Wildman–Crippen LogP) is 5.29. The van der Waals surface area contributed by atoms with Gasteiger partial charge in [-0.3, -0.25) is 19.4 Å². The van der Waals surface area contributed by atoms with Gasteiger partial charge in [-0.05, 0) is 68.6 Å². The monoisotopic (exact) mass is 718 g/mol. The average molecular weight is 719 g/mol. The lowest BCUT2D eigenvalue weighted by Gasteiger charge is -2.60. The number of nitriles is 1. The number of amides is 1. The topological polar surface area (TPSA) is 134 Å². The number of fused-ring (bicyclic) bond motifs is 9. The minimum atomic E-state index is -4.54. The van der Waals surface area contributed by atoms with Crippen LogP contribution >= 0.6 is 0 Å². The third kappa shape index (κ3) is 5.68. The maximum absolute atomic E-state index is 13.3. The molecular weight excluding hydrogens is 681 g/mol. The van der Waals surface area contributed by atoms with Gasteiger partial charge in [0, 0.05) is 53.9 Å². The normalized spacial score (nSPS) is 23.3. The fourth-order valence-electron chi connectivity index (χ4n) is 8.56. The number of benzene rings is 3. The lowest BCUT2D eigenvalue weighted by Crippen LogP contribution is -2.68. The lowest BCUT2D eigenvalue weighted by molar-refractivity contribution is -0.137. The molecule has 1 fully saturated rings. The third-order valence-corrected chi connectivity index (χ3v) is 10.6. The van der Waals surface area contributed by atoms with E-state index in [2.05, 4.69) is 21.2 Å². The Morgan fingerprint density at radius 2 is 1.87 bits per heavy atom. The van der Waals surface area contributed by atoms with E-state index in [4.69, 9.17) is 18.9 Å². The van der Waals surface area contributed by atoms with Crippen molar-refractivity contribution in [3.63, 3.8) is 0 Å². The number of methoxy groups -OCH3 is 1. The molecule has 5 atom stereocenters. The number of esters is 1. The summed E-state index contributed by atoms with van der Waals surface area (Å²) in [7, 11) is 3.42. The number of aryl methyl sites for hydroxylation is 1. The summed E-state index contributed by atoms with van der Waals surface area (Å²) in [6.45, 7) is 4.78. The molecule has 0 aromatic heterocycles. The SMILES string of the molecule is COc1c(C)cc2c(c1O)[C@@H]1C3Cc4c(OC(C)=O)c(C)c5c(c4[C@H](CNC(=O)/C=C/c4cccc(C(F)(F)F)c4)N3C(C#N)[C@H](C2)N1C)OCO5. The first kappa shape index (κ1) is 35.2. The van der Waals surface area contributed by atoms with Crippen LogP contribution in [-0.2, 0) is 28.6 Å². The van der Waals surface area contributed by atoms with Gasteiger partial charge in [-0.15, -0.1) is 0 Å². The molecule has 3 aromatic rings. The Bertz CT molecular complexity index is 2060. The maximum atomic E-state index is 13.3. The number of piperazine rings is 1. The largest absolute Gasteiger partial charge is 0.504 e. The second-order valence-corrected chi connectivity index (χ2v) is 13.5. The summed E-state index contributed by atoms with van der Waals surface area (Å²) in [5.41, 5.74) is 3.50. The van der Waals surface area contributed by atoms with Gasteiger partial charge in [-0.25, -0.2) is 0 Å². The minimum Gasteiger partial charge on any atom is -0.504 e. The van der Waals surface area contributed by atoms with Gasteiger partial charge in [-0.1, -0.05) is 18.2 Å². The number of nitrogens with zero attached hydrogens (tertiary/aromatic N) is 3. The molecule has 7 rings (SSSR count). The highest BCUT2D eigenvalue weighted by Crippen LogP contribution is 2.58. The van der Waals surface area contributed by atoms with Gasteiger partial charge in [0.1, 0.15) is 11.8 Å². The van der Waals surface area contributed by atoms with Crippen molar-refractivity contribution >= 4 is 18.0 Å². The predicted molar refractivity (Wildman–Crippen MR) is 181 cm³/mol. The number of alkyl halides is 3. The van der Waals surface area contributed by atoms with Gasteiger partial charge in [0.15, 0.2) is 23.0 Å². The molecule has 3 aromatic carbocycles. The Balaban J connectivity index is 1.35. The molecule has 0 aliphatic carbocycles. The van der Waals surface area contributed by atoms with Crippen LogP contribution < -0.4 is 24.3 Å². The summed E-state index contributed by atoms with van der Waals surface area (Å²) >= 11 is 0. The number of nitrogens with one attached hydrogen (secondary N) is 1. The van der Waals surface area contributed by atoms with Crippen LogP contribution in [0.1, 0.15) is 63.5 Å². The van der Waals surface area contributed by atoms with Gasteiger partial charge in [0.25, 0.3) is 0 Å². The third-order valence-electron chi connectivity index (χ3n) is 10.6. The maximum Gasteiger partial charge on any atom is 0.416 e. The van der Waals surface area contributed by atoms with Crippen LogP contribution in [0.5, 0.6) is 28.7 Å². The summed E-state index contributed by atoms with van der Waals surface area (Å²) < 4.78 is 63.3. The van der Waals surface area contributed by atoms with Crippen LogP contribution in [0.25, 0.3) is 6.08 Å². The van der Waals surface area contributed by atoms with Crippen molar-refractivity contribution in [3.05, 3.63) is 80.9 Å². The van der Waals surface area contributed by atoms with Gasteiger partial charge in [-0.2, -0.15) is 18.4 Å². The standard InChI is InChI=1S/C38H37F3N4O7/c1-18-11-22-13-25-27(15-42)45-26(32(44(25)4)30(22)33(48)34(18)49-5)14-24-31(37-36(50-17-51-37)19(2)35(24)52-20(3)46)28(45)16-43-29(47)10-9-21-7-6-8-23(12-21)38(39,40)41/h6-12,25-28,32,48H,13-14,16-17H2,1-5H3,(H,43,47)/b10-9+/t25-,26?,27?,28-,32-/m0/s1. The first-order valence-corrected chi connectivity index (χ1v) is 16.8. The van der Waals surface area contributed by atoms with E-state index in [0.717, 1.165) is 29.3 Å². The van der Waals surface area contributed by atoms with Crippen LogP contribution in [0.15, 0.2) is 36.4 Å². The molecule has 2 N–H and O–H groups in total. The molecule has 52 heavy (non-hydrogen) atoms. The summed E-state index contributed by atoms with van der Waals surface area (Å²) in [4.78, 5) is 30.0. The van der Waals surface area contributed by atoms with Crippen LogP contribution in [-0.4, -0.2) is 72.4 Å². The molecule has 4 aliphatic heterocycles. The van der Waals surface area contributed by atoms with E-state index in [-0.39, 0.29) is 37.1 Å². The van der Waals surface area contributed by atoms with Gasteiger partial charge in [0.05, 0.1) is 30.8 Å². The number of carbonyl (C=O) groups excluding carboxylic acids is 2. The molecule has 1 amide bonds. The highest BCUT2D eigenvalue weighted by atomic mass is 19.4. The number of hydrogen-bond donors (Lipinski definition) is 2. The Hall–Kier alpha value is -5.26. The van der Waals surface area contributed by atoms with Crippen molar-refractivity contribution in [2.75, 3.05) is 27.5 Å². The van der Waals surface area contributed by atoms with Crippen molar-refractivity contribution in [2.24, 2.45) is 0 Å². The average Bonchev–Trinajstić information content (AvgIpc) is 3.58. The Labute approximate surface area is 298 Å². The number of phenolic OH excluding ortho intramolecular Hbond substituents is 1. The van der Waals surface area contributed by atoms with E-state index in [0.29, 0.717) is 51.7 Å². The van der Waals surface area contributed by atoms with Gasteiger partial charge < -0.3 is 29.4 Å². The molecule has 14 heteroatoms. The zero-order chi connectivity index (χ0) is 37.2. The molecule has 2 unspecified atom stereocenters. The second kappa shape index (κ2) is 13.1. The van der Waals surface area contributed by atoms with Crippen LogP contribution in [0.2, 0.25) is 0 Å². The van der Waals surface area contributed by atoms with E-state index in [1.54, 1.807) is 6.92 Å². The molecule has 4 heterocycles. The second-order valence-electron chi connectivity index (χ2n) is 13.5. The molecule has 272 valence electrons. The fourth-order valence-corrected chi connectivity index (χ4v) is 8.56. The summed E-state index contributed by atoms with van der Waals surface area (Å²) in [5.74, 6) is 0.350. The zero-order valence-electron chi connectivity index (χ0n) is 29.1. The molecule has 2 bridgehead atoms. The Morgan fingerprint density at radius 3 is 2.56 bits per heavy atom. The molecule has 11 nitrogen and oxygen atoms in total. The number of halogens is 3. The first-order chi connectivity index (χ1) is 24.7. The van der Waals surface area contributed by atoms with E-state index < -0.39 is 47.8 Å². The lowest BCUT2D eigenvalue weighted by atomic mass is 9.71. The molecule has 4 aliphatic rings. The molecule has 1 saturated heterocycles. The van der Waals surface area contributed by atoms with E-state index in [1.807, 2.05) is 20.0 Å².